The van der Waals surface area contributed by atoms with Crippen LogP contribution in [0, 0.1) is 13.8 Å². The molecule has 4 heterocycles. The average molecular weight is 761 g/mol. The molecule has 0 spiro atoms. The van der Waals surface area contributed by atoms with Gasteiger partial charge in [-0.15, -0.1) is 0 Å². The van der Waals surface area contributed by atoms with Crippen LogP contribution in [-0.4, -0.2) is 145 Å². The van der Waals surface area contributed by atoms with Crippen LogP contribution in [0.1, 0.15) is 61.8 Å². The lowest BCUT2D eigenvalue weighted by Gasteiger charge is -2.43. The standard InChI is InChI=1S/C41H56N6O8/c1-5-53-37(49)27-43-15-11-33(12-16-43)44-20-22-45(23-21-44)39(50)36(26-31-24-28(2)38(29(3)25-31)54-30(4)48)55-41(52)46-17-13-34(14-18-46)47-19-10-32-8-6-7-9-35(32)42-40(47)51/h6-9,24-25,33-34,36H,5,10-23,26-27H2,1-4H3,(H,42,51)/t36-/m1/s1. The Kier molecular flexibility index (Phi) is 13.3. The Bertz CT molecular complexity index is 1690. The number of ether oxygens (including phenoxy) is 3. The Balaban J connectivity index is 1.07. The first-order chi connectivity index (χ1) is 26.5. The Morgan fingerprint density at radius 1 is 0.836 bits per heavy atom. The molecule has 1 atom stereocenters. The number of hydrogen-bond donors (Lipinski definition) is 1. The SMILES string of the molecule is CCOC(=O)CN1CCC(N2CCN(C(=O)[C@@H](Cc3cc(C)c(OC(C)=O)c(C)c3)OC(=O)N3CCC(N4CCc5ccccc5NC4=O)CC3)CC2)CC1. The van der Waals surface area contributed by atoms with E-state index in [-0.39, 0.29) is 30.4 Å². The van der Waals surface area contributed by atoms with Crippen molar-refractivity contribution in [1.29, 1.82) is 0 Å². The maximum atomic E-state index is 14.2. The smallest absolute Gasteiger partial charge is 0.410 e. The van der Waals surface area contributed by atoms with E-state index in [4.69, 9.17) is 14.2 Å². The highest BCUT2D eigenvalue weighted by Crippen LogP contribution is 2.28. The molecule has 0 saturated carbocycles. The lowest BCUT2D eigenvalue weighted by atomic mass is 10.00. The summed E-state index contributed by atoms with van der Waals surface area (Å²) in [6.07, 6.45) is 2.46. The number of likely N-dealkylation sites (tertiary alicyclic amines) is 2. The van der Waals surface area contributed by atoms with Crippen LogP contribution in [0.15, 0.2) is 36.4 Å². The molecule has 298 valence electrons. The van der Waals surface area contributed by atoms with Crippen LogP contribution < -0.4 is 10.1 Å². The van der Waals surface area contributed by atoms with Crippen LogP contribution in [0.4, 0.5) is 15.3 Å². The zero-order valence-corrected chi connectivity index (χ0v) is 32.7. The molecule has 14 heteroatoms. The molecule has 4 aliphatic rings. The van der Waals surface area contributed by atoms with Gasteiger partial charge in [0, 0.05) is 90.0 Å². The molecule has 0 unspecified atom stereocenters. The maximum absolute atomic E-state index is 14.2. The zero-order chi connectivity index (χ0) is 39.1. The number of piperidine rings is 2. The van der Waals surface area contributed by atoms with Crippen LogP contribution >= 0.6 is 0 Å². The Labute approximate surface area is 324 Å². The Morgan fingerprint density at radius 2 is 1.49 bits per heavy atom. The maximum Gasteiger partial charge on any atom is 0.410 e. The largest absolute Gasteiger partial charge is 0.465 e. The molecule has 4 aliphatic heterocycles. The molecule has 14 nitrogen and oxygen atoms in total. The highest BCUT2D eigenvalue weighted by Gasteiger charge is 2.36. The zero-order valence-electron chi connectivity index (χ0n) is 32.7. The fourth-order valence-electron chi connectivity index (χ4n) is 8.49. The minimum atomic E-state index is -1.05. The van der Waals surface area contributed by atoms with Crippen molar-refractivity contribution in [2.45, 2.75) is 84.4 Å². The van der Waals surface area contributed by atoms with Gasteiger partial charge in [-0.1, -0.05) is 30.3 Å². The van der Waals surface area contributed by atoms with E-state index in [1.54, 1.807) is 9.80 Å². The molecule has 3 fully saturated rings. The van der Waals surface area contributed by atoms with Crippen molar-refractivity contribution in [2.75, 3.05) is 77.4 Å². The molecular weight excluding hydrogens is 704 g/mol. The van der Waals surface area contributed by atoms with Gasteiger partial charge in [-0.3, -0.25) is 24.2 Å². The van der Waals surface area contributed by atoms with E-state index >= 15 is 0 Å². The predicted octanol–water partition coefficient (Wildman–Crippen LogP) is 4.00. The molecule has 55 heavy (non-hydrogen) atoms. The van der Waals surface area contributed by atoms with Crippen molar-refractivity contribution in [1.82, 2.24) is 24.5 Å². The van der Waals surface area contributed by atoms with Gasteiger partial charge >= 0.3 is 24.1 Å². The molecule has 2 aromatic carbocycles. The first kappa shape index (κ1) is 40.0. The molecular formula is C41H56N6O8. The van der Waals surface area contributed by atoms with Gasteiger partial charge in [0.1, 0.15) is 5.75 Å². The summed E-state index contributed by atoms with van der Waals surface area (Å²) in [5, 5.41) is 3.04. The number of carbonyl (C=O) groups excluding carboxylic acids is 5. The Hall–Kier alpha value is -4.69. The summed E-state index contributed by atoms with van der Waals surface area (Å²) in [5.41, 5.74) is 4.26. The summed E-state index contributed by atoms with van der Waals surface area (Å²) in [6.45, 7) is 13.1. The third-order valence-electron chi connectivity index (χ3n) is 11.4. The lowest BCUT2D eigenvalue weighted by Crippen LogP contribution is -2.57. The van der Waals surface area contributed by atoms with Gasteiger partial charge in [0.15, 0.2) is 6.10 Å². The number of nitrogens with one attached hydrogen (secondary N) is 1. The second kappa shape index (κ2) is 18.3. The quantitative estimate of drug-likeness (QED) is 0.279. The summed E-state index contributed by atoms with van der Waals surface area (Å²) in [4.78, 5) is 74.8. The van der Waals surface area contributed by atoms with Crippen LogP contribution in [0.3, 0.4) is 0 Å². The van der Waals surface area contributed by atoms with Crippen molar-refractivity contribution >= 4 is 35.7 Å². The topological polar surface area (TPSA) is 141 Å². The summed E-state index contributed by atoms with van der Waals surface area (Å²) >= 11 is 0. The van der Waals surface area contributed by atoms with Crippen molar-refractivity contribution in [2.24, 2.45) is 0 Å². The van der Waals surface area contributed by atoms with E-state index in [0.717, 1.165) is 60.3 Å². The van der Waals surface area contributed by atoms with Crippen LogP contribution in [0.5, 0.6) is 5.75 Å². The average Bonchev–Trinajstić information content (AvgIpc) is 3.34. The van der Waals surface area contributed by atoms with Gasteiger partial charge in [-0.25, -0.2) is 9.59 Å². The number of fused-ring (bicyclic) bond motifs is 1. The fourth-order valence-corrected chi connectivity index (χ4v) is 8.49. The summed E-state index contributed by atoms with van der Waals surface area (Å²) in [7, 11) is 0. The Morgan fingerprint density at radius 3 is 2.15 bits per heavy atom. The third-order valence-corrected chi connectivity index (χ3v) is 11.4. The number of hydrogen-bond acceptors (Lipinski definition) is 10. The summed E-state index contributed by atoms with van der Waals surface area (Å²) in [5.74, 6) is -0.337. The number of nitrogens with zero attached hydrogens (tertiary/aromatic N) is 5. The van der Waals surface area contributed by atoms with Crippen LogP contribution in [0.2, 0.25) is 0 Å². The van der Waals surface area contributed by atoms with E-state index in [9.17, 15) is 24.0 Å². The normalized spacial score (nSPS) is 19.6. The van der Waals surface area contributed by atoms with Crippen LogP contribution in [-0.2, 0) is 36.7 Å². The summed E-state index contributed by atoms with van der Waals surface area (Å²) < 4.78 is 16.7. The molecule has 2 aromatic rings. The monoisotopic (exact) mass is 760 g/mol. The summed E-state index contributed by atoms with van der Waals surface area (Å²) in [6, 6.07) is 11.8. The number of piperazine rings is 1. The lowest BCUT2D eigenvalue weighted by molar-refractivity contribution is -0.144. The number of benzene rings is 2. The minimum Gasteiger partial charge on any atom is -0.465 e. The van der Waals surface area contributed by atoms with Gasteiger partial charge in [0.05, 0.1) is 13.2 Å². The van der Waals surface area contributed by atoms with Crippen molar-refractivity contribution in [3.05, 3.63) is 58.7 Å². The van der Waals surface area contributed by atoms with E-state index in [0.29, 0.717) is 83.6 Å². The van der Waals surface area contributed by atoms with Crippen molar-refractivity contribution in [3.63, 3.8) is 0 Å². The highest BCUT2D eigenvalue weighted by atomic mass is 16.6. The number of urea groups is 1. The molecule has 0 aromatic heterocycles. The van der Waals surface area contributed by atoms with Gasteiger partial charge in [0.2, 0.25) is 0 Å². The van der Waals surface area contributed by atoms with Gasteiger partial charge in [0.25, 0.3) is 5.91 Å². The first-order valence-corrected chi connectivity index (χ1v) is 19.8. The molecule has 0 aliphatic carbocycles. The third kappa shape index (κ3) is 10.1. The number of esters is 2. The van der Waals surface area contributed by atoms with E-state index in [1.165, 1.54) is 6.92 Å². The molecule has 1 N–H and O–H groups in total. The first-order valence-electron chi connectivity index (χ1n) is 19.8. The van der Waals surface area contributed by atoms with Crippen molar-refractivity contribution < 1.29 is 38.2 Å². The van der Waals surface area contributed by atoms with Gasteiger partial charge < -0.3 is 34.2 Å². The van der Waals surface area contributed by atoms with Crippen molar-refractivity contribution in [3.8, 4) is 5.75 Å². The van der Waals surface area contributed by atoms with E-state index in [2.05, 4.69) is 15.1 Å². The number of rotatable bonds is 10. The highest BCUT2D eigenvalue weighted by molar-refractivity contribution is 5.91. The number of amides is 4. The number of para-hydroxylation sites is 1. The minimum absolute atomic E-state index is 0.0152. The van der Waals surface area contributed by atoms with Gasteiger partial charge in [-0.05, 0) is 81.2 Å². The second-order valence-corrected chi connectivity index (χ2v) is 15.2. The number of aryl methyl sites for hydroxylation is 2. The molecule has 6 rings (SSSR count). The molecule has 3 saturated heterocycles. The fraction of sp³-hybridized carbons (Fsp3) is 0.585. The van der Waals surface area contributed by atoms with E-state index < -0.39 is 18.2 Å². The molecule has 0 bridgehead atoms. The second-order valence-electron chi connectivity index (χ2n) is 15.2. The van der Waals surface area contributed by atoms with Gasteiger partial charge in [-0.2, -0.15) is 0 Å². The molecule has 0 radical (unpaired) electrons. The van der Waals surface area contributed by atoms with E-state index in [1.807, 2.05) is 62.1 Å². The van der Waals surface area contributed by atoms with Crippen LogP contribution in [0.25, 0.3) is 0 Å². The predicted molar refractivity (Wildman–Crippen MR) is 206 cm³/mol. The number of carbonyl (C=O) groups is 5. The molecule has 4 amide bonds. The number of anilines is 1.